The van der Waals surface area contributed by atoms with Crippen molar-refractivity contribution in [2.24, 2.45) is 0 Å². The summed E-state index contributed by atoms with van der Waals surface area (Å²) in [5.74, 6) is -4.52. The summed E-state index contributed by atoms with van der Waals surface area (Å²) >= 11 is 0. The summed E-state index contributed by atoms with van der Waals surface area (Å²) in [6, 6.07) is 8.64. The van der Waals surface area contributed by atoms with E-state index in [-0.39, 0.29) is 28.3 Å². The number of benzene rings is 3. The van der Waals surface area contributed by atoms with Gasteiger partial charge in [0.25, 0.3) is 0 Å². The van der Waals surface area contributed by atoms with Gasteiger partial charge < -0.3 is 37.0 Å². The Bertz CT molecular complexity index is 1420. The molecule has 0 saturated carbocycles. The van der Waals surface area contributed by atoms with E-state index < -0.39 is 40.3 Å². The largest absolute Gasteiger partial charge is 0.504 e. The smallest absolute Gasteiger partial charge is 0.337 e. The zero-order valence-corrected chi connectivity index (χ0v) is 18.0. The summed E-state index contributed by atoms with van der Waals surface area (Å²) in [7, 11) is 0. The third-order valence-electron chi connectivity index (χ3n) is 5.00. The molecule has 0 radical (unpaired) electrons. The molecule has 178 valence electrons. The maximum atomic E-state index is 12.9. The first-order valence-electron chi connectivity index (χ1n) is 9.93. The molecular weight excluding hydrogens is 456 g/mol. The lowest BCUT2D eigenvalue weighted by atomic mass is 9.94. The molecule has 0 aliphatic heterocycles. The van der Waals surface area contributed by atoms with E-state index in [4.69, 9.17) is 11.5 Å². The Balaban J connectivity index is 2.02. The first kappa shape index (κ1) is 24.4. The number of phenols is 4. The minimum Gasteiger partial charge on any atom is -0.504 e. The highest BCUT2D eigenvalue weighted by molar-refractivity contribution is 6.21. The first-order chi connectivity index (χ1) is 16.5. The number of carboxylic acid groups (broad SMARTS) is 1. The van der Waals surface area contributed by atoms with Gasteiger partial charge in [0.1, 0.15) is 0 Å². The van der Waals surface area contributed by atoms with Gasteiger partial charge in [0.15, 0.2) is 34.6 Å². The highest BCUT2D eigenvalue weighted by Gasteiger charge is 2.24. The van der Waals surface area contributed by atoms with E-state index in [0.29, 0.717) is 11.1 Å². The zero-order valence-electron chi connectivity index (χ0n) is 18.0. The highest BCUT2D eigenvalue weighted by atomic mass is 16.4. The number of allylic oxidation sites excluding steroid dienone is 2. The molecule has 0 aliphatic rings. The second-order valence-corrected chi connectivity index (χ2v) is 7.37. The fourth-order valence-electron chi connectivity index (χ4n) is 3.17. The summed E-state index contributed by atoms with van der Waals surface area (Å²) in [6.45, 7) is 0. The Labute approximate surface area is 198 Å². The summed E-state index contributed by atoms with van der Waals surface area (Å²) in [5, 5.41) is 47.4. The van der Waals surface area contributed by atoms with Crippen LogP contribution in [0.5, 0.6) is 23.0 Å². The second-order valence-electron chi connectivity index (χ2n) is 7.37. The first-order valence-corrected chi connectivity index (χ1v) is 9.93. The van der Waals surface area contributed by atoms with E-state index in [9.17, 15) is 39.9 Å². The van der Waals surface area contributed by atoms with Gasteiger partial charge in [0.05, 0.1) is 22.5 Å². The Morgan fingerprint density at radius 1 is 0.629 bits per heavy atom. The van der Waals surface area contributed by atoms with Crippen molar-refractivity contribution < 1.29 is 39.9 Å². The third-order valence-corrected chi connectivity index (χ3v) is 5.00. The van der Waals surface area contributed by atoms with Gasteiger partial charge in [-0.25, -0.2) is 4.79 Å². The summed E-state index contributed by atoms with van der Waals surface area (Å²) < 4.78 is 0. The monoisotopic (exact) mass is 476 g/mol. The average molecular weight is 476 g/mol. The maximum Gasteiger partial charge on any atom is 0.337 e. The number of nitrogen functional groups attached to an aromatic ring is 2. The SMILES string of the molecule is Nc1c(C(=O)O)cc(C(=O)C=Cc2ccc(O)c(O)c2)c(N)c1C(=O)C=Cc1ccc(O)c(O)c1. The van der Waals surface area contributed by atoms with Crippen LogP contribution in [0.4, 0.5) is 11.4 Å². The van der Waals surface area contributed by atoms with Gasteiger partial charge in [-0.05, 0) is 53.6 Å². The third kappa shape index (κ3) is 5.22. The summed E-state index contributed by atoms with van der Waals surface area (Å²) in [4.78, 5) is 37.4. The molecule has 0 fully saturated rings. The van der Waals surface area contributed by atoms with Gasteiger partial charge in [0, 0.05) is 5.56 Å². The van der Waals surface area contributed by atoms with Crippen LogP contribution in [0.2, 0.25) is 0 Å². The molecule has 3 rings (SSSR count). The molecule has 9 N–H and O–H groups in total. The fourth-order valence-corrected chi connectivity index (χ4v) is 3.17. The zero-order chi connectivity index (χ0) is 25.9. The van der Waals surface area contributed by atoms with Gasteiger partial charge in [0.2, 0.25) is 0 Å². The summed E-state index contributed by atoms with van der Waals surface area (Å²) in [5.41, 5.74) is 10.7. The van der Waals surface area contributed by atoms with Crippen LogP contribution in [0.3, 0.4) is 0 Å². The van der Waals surface area contributed by atoms with Crippen molar-refractivity contribution in [3.63, 3.8) is 0 Å². The molecule has 0 saturated heterocycles. The van der Waals surface area contributed by atoms with Gasteiger partial charge >= 0.3 is 5.97 Å². The van der Waals surface area contributed by atoms with Gasteiger partial charge in [-0.15, -0.1) is 0 Å². The Kier molecular flexibility index (Phi) is 6.77. The van der Waals surface area contributed by atoms with E-state index in [1.165, 1.54) is 48.6 Å². The van der Waals surface area contributed by atoms with Crippen molar-refractivity contribution in [3.05, 3.63) is 82.4 Å². The number of carbonyl (C=O) groups is 3. The minimum atomic E-state index is -1.48. The molecule has 10 nitrogen and oxygen atoms in total. The van der Waals surface area contributed by atoms with Crippen LogP contribution in [0.15, 0.2) is 54.6 Å². The number of hydrogen-bond acceptors (Lipinski definition) is 9. The standard InChI is InChI=1S/C25H20N2O8/c26-23-14(16(28)5-1-12-2-6-17(29)20(32)9-12)11-15(25(34)35)24(27)22(23)19(31)8-4-13-3-7-18(30)21(33)10-13/h1-11,29-30,32-33H,26-27H2,(H,34,35). The predicted molar refractivity (Wildman–Crippen MR) is 128 cm³/mol. The molecule has 0 aliphatic carbocycles. The lowest BCUT2D eigenvalue weighted by molar-refractivity contribution is 0.0698. The van der Waals surface area contributed by atoms with Crippen molar-refractivity contribution in [2.45, 2.75) is 0 Å². The minimum absolute atomic E-state index is 0.283. The van der Waals surface area contributed by atoms with Crippen molar-refractivity contribution in [3.8, 4) is 23.0 Å². The molecule has 0 spiro atoms. The van der Waals surface area contributed by atoms with E-state index in [2.05, 4.69) is 0 Å². The number of carboxylic acids is 1. The molecule has 3 aromatic carbocycles. The van der Waals surface area contributed by atoms with Crippen LogP contribution in [-0.2, 0) is 0 Å². The number of ketones is 2. The average Bonchev–Trinajstić information content (AvgIpc) is 2.80. The highest BCUT2D eigenvalue weighted by Crippen LogP contribution is 2.31. The van der Waals surface area contributed by atoms with Gasteiger partial charge in [-0.1, -0.05) is 24.3 Å². The van der Waals surface area contributed by atoms with Crippen LogP contribution >= 0.6 is 0 Å². The van der Waals surface area contributed by atoms with Crippen molar-refractivity contribution in [1.29, 1.82) is 0 Å². The van der Waals surface area contributed by atoms with Crippen LogP contribution < -0.4 is 11.5 Å². The molecule has 3 aromatic rings. The van der Waals surface area contributed by atoms with Gasteiger partial charge in [-0.3, -0.25) is 9.59 Å². The molecule has 0 heterocycles. The molecular formula is C25H20N2O8. The van der Waals surface area contributed by atoms with Gasteiger partial charge in [-0.2, -0.15) is 0 Å². The number of nitrogens with two attached hydrogens (primary N) is 2. The van der Waals surface area contributed by atoms with Crippen LogP contribution in [0.1, 0.15) is 42.2 Å². The maximum absolute atomic E-state index is 12.9. The van der Waals surface area contributed by atoms with Crippen LogP contribution in [0.25, 0.3) is 12.2 Å². The molecule has 0 unspecified atom stereocenters. The van der Waals surface area contributed by atoms with E-state index >= 15 is 0 Å². The quantitative estimate of drug-likeness (QED) is 0.115. The Hall–Kier alpha value is -5.25. The molecule has 35 heavy (non-hydrogen) atoms. The number of carbonyl (C=O) groups excluding carboxylic acids is 2. The fraction of sp³-hybridized carbons (Fsp3) is 0. The lowest BCUT2D eigenvalue weighted by Gasteiger charge is -2.13. The molecule has 10 heteroatoms. The molecule has 0 amide bonds. The normalized spacial score (nSPS) is 11.2. The van der Waals surface area contributed by atoms with Crippen molar-refractivity contribution in [2.75, 3.05) is 11.5 Å². The van der Waals surface area contributed by atoms with E-state index in [1.807, 2.05) is 0 Å². The van der Waals surface area contributed by atoms with Crippen molar-refractivity contribution in [1.82, 2.24) is 0 Å². The molecule has 0 aromatic heterocycles. The van der Waals surface area contributed by atoms with Crippen molar-refractivity contribution >= 4 is 41.1 Å². The number of hydrogen-bond donors (Lipinski definition) is 7. The molecule has 0 bridgehead atoms. The van der Waals surface area contributed by atoms with E-state index in [1.54, 1.807) is 0 Å². The predicted octanol–water partition coefficient (Wildman–Crippen LogP) is 3.16. The topological polar surface area (TPSA) is 204 Å². The van der Waals surface area contributed by atoms with Crippen LogP contribution in [-0.4, -0.2) is 43.1 Å². The second kappa shape index (κ2) is 9.71. The summed E-state index contributed by atoms with van der Waals surface area (Å²) in [6.07, 6.45) is 4.68. The Morgan fingerprint density at radius 3 is 1.54 bits per heavy atom. The Morgan fingerprint density at radius 2 is 1.09 bits per heavy atom. The number of anilines is 2. The number of phenolic OH excluding ortho intramolecular Hbond substituents is 4. The number of rotatable bonds is 7. The number of aromatic hydroxyl groups is 4. The lowest BCUT2D eigenvalue weighted by Crippen LogP contribution is -2.15. The van der Waals surface area contributed by atoms with Crippen LogP contribution in [0, 0.1) is 0 Å². The van der Waals surface area contributed by atoms with E-state index in [0.717, 1.165) is 18.2 Å². The molecule has 0 atom stereocenters. The number of aromatic carboxylic acids is 1.